The van der Waals surface area contributed by atoms with Crippen LogP contribution in [0.1, 0.15) is 118 Å². The van der Waals surface area contributed by atoms with E-state index < -0.39 is 35.3 Å². The third-order valence-electron chi connectivity index (χ3n) is 13.9. The van der Waals surface area contributed by atoms with E-state index in [0.717, 1.165) is 74.8 Å². The first-order valence-corrected chi connectivity index (χ1v) is 23.7. The van der Waals surface area contributed by atoms with E-state index in [1.807, 2.05) is 71.7 Å². The van der Waals surface area contributed by atoms with Crippen LogP contribution in [0.15, 0.2) is 48.7 Å². The van der Waals surface area contributed by atoms with Crippen LogP contribution in [0, 0.1) is 11.3 Å². The Morgan fingerprint density at radius 3 is 2.45 bits per heavy atom. The molecule has 16 heteroatoms. The average molecular weight is 919 g/mol. The van der Waals surface area contributed by atoms with E-state index in [1.54, 1.807) is 4.90 Å². The molecule has 5 aromatic rings. The number of methoxy groups -OCH3 is 1. The van der Waals surface area contributed by atoms with Gasteiger partial charge < -0.3 is 49.3 Å². The van der Waals surface area contributed by atoms with Crippen molar-refractivity contribution >= 4 is 45.8 Å². The Hall–Kier alpha value is -6.16. The molecule has 5 atom stereocenters. The van der Waals surface area contributed by atoms with E-state index in [0.29, 0.717) is 44.3 Å². The minimum atomic E-state index is -0.795. The maximum Gasteiger partial charge on any atom is 0.408 e. The number of H-pyrrole nitrogens is 2. The second-order valence-corrected chi connectivity index (χ2v) is 20.2. The minimum absolute atomic E-state index is 0.0582. The molecular weight excluding hydrogens is 853 g/mol. The van der Waals surface area contributed by atoms with E-state index in [1.165, 1.54) is 7.11 Å². The summed E-state index contributed by atoms with van der Waals surface area (Å²) >= 11 is 0. The summed E-state index contributed by atoms with van der Waals surface area (Å²) < 4.78 is 22.6. The van der Waals surface area contributed by atoms with Crippen LogP contribution in [-0.2, 0) is 37.0 Å². The lowest BCUT2D eigenvalue weighted by molar-refractivity contribution is -0.142. The van der Waals surface area contributed by atoms with E-state index >= 15 is 0 Å². The SMILES string of the molecule is CC[C@H](C)N(Cc1nc2c(ccc3cc4c(cc32)OCc2cc(-c3cnc([C@@H]5CC[C@H](C)N5C(=O)[C@@H](NC(=O)OC(C)(C)C)C5(C)CCOCC5)[nH]3)ccc2-4)[nH]1)C(=O)[C@@H](NC(=O)OC)C(C)C. The summed E-state index contributed by atoms with van der Waals surface area (Å²) in [4.78, 5) is 74.6. The summed E-state index contributed by atoms with van der Waals surface area (Å²) in [6, 6.07) is 12.6. The van der Waals surface area contributed by atoms with Crippen molar-refractivity contribution in [2.45, 2.75) is 143 Å². The lowest BCUT2D eigenvalue weighted by Crippen LogP contribution is -2.59. The van der Waals surface area contributed by atoms with E-state index in [-0.39, 0.29) is 42.4 Å². The van der Waals surface area contributed by atoms with Crippen LogP contribution < -0.4 is 15.4 Å². The Morgan fingerprint density at radius 1 is 0.985 bits per heavy atom. The van der Waals surface area contributed by atoms with Gasteiger partial charge in [0.1, 0.15) is 41.7 Å². The quantitative estimate of drug-likeness (QED) is 0.0939. The molecule has 0 aliphatic carbocycles. The van der Waals surface area contributed by atoms with Crippen molar-refractivity contribution in [2.24, 2.45) is 11.3 Å². The number of fused-ring (bicyclic) bond motifs is 6. The van der Waals surface area contributed by atoms with Crippen LogP contribution >= 0.6 is 0 Å². The van der Waals surface area contributed by atoms with Gasteiger partial charge in [0, 0.05) is 41.7 Å². The van der Waals surface area contributed by atoms with Crippen LogP contribution in [0.4, 0.5) is 9.59 Å². The van der Waals surface area contributed by atoms with Gasteiger partial charge in [-0.2, -0.15) is 0 Å². The molecule has 4 N–H and O–H groups in total. The fourth-order valence-electron chi connectivity index (χ4n) is 9.80. The molecule has 0 bridgehead atoms. The Bertz CT molecular complexity index is 2660. The molecule has 67 heavy (non-hydrogen) atoms. The molecule has 8 rings (SSSR count). The zero-order chi connectivity index (χ0) is 47.9. The molecule has 2 saturated heterocycles. The third kappa shape index (κ3) is 9.68. The fourth-order valence-corrected chi connectivity index (χ4v) is 9.80. The largest absolute Gasteiger partial charge is 0.488 e. The number of carbonyl (C=O) groups excluding carboxylic acids is 4. The molecule has 0 radical (unpaired) electrons. The number of nitrogens with zero attached hydrogens (tertiary/aromatic N) is 4. The van der Waals surface area contributed by atoms with Crippen LogP contribution in [0.5, 0.6) is 5.75 Å². The number of aromatic amines is 2. The first-order valence-electron chi connectivity index (χ1n) is 23.7. The Balaban J connectivity index is 1.03. The van der Waals surface area contributed by atoms with Crippen molar-refractivity contribution in [2.75, 3.05) is 20.3 Å². The second-order valence-electron chi connectivity index (χ2n) is 20.2. The Morgan fingerprint density at radius 2 is 1.75 bits per heavy atom. The van der Waals surface area contributed by atoms with Crippen molar-refractivity contribution in [3.05, 3.63) is 65.9 Å². The van der Waals surface area contributed by atoms with Gasteiger partial charge in [-0.1, -0.05) is 45.9 Å². The van der Waals surface area contributed by atoms with Gasteiger partial charge in [-0.05, 0) is 119 Å². The molecular formula is C51H66N8O8. The predicted octanol–water partition coefficient (Wildman–Crippen LogP) is 8.94. The number of rotatable bonds is 12. The summed E-state index contributed by atoms with van der Waals surface area (Å²) in [7, 11) is 1.29. The number of aromatic nitrogens is 4. The predicted molar refractivity (Wildman–Crippen MR) is 255 cm³/mol. The summed E-state index contributed by atoms with van der Waals surface area (Å²) in [5, 5.41) is 7.63. The number of hydrogen-bond donors (Lipinski definition) is 4. The van der Waals surface area contributed by atoms with Gasteiger partial charge in [0.2, 0.25) is 11.8 Å². The number of benzene rings is 3. The summed E-state index contributed by atoms with van der Waals surface area (Å²) in [6.45, 7) is 19.0. The number of carbonyl (C=O) groups is 4. The van der Waals surface area contributed by atoms with Gasteiger partial charge in [-0.15, -0.1) is 0 Å². The lowest BCUT2D eigenvalue weighted by atomic mass is 9.75. The Labute approximate surface area is 392 Å². The normalized spacial score (nSPS) is 19.2. The van der Waals surface area contributed by atoms with Crippen molar-refractivity contribution < 1.29 is 38.1 Å². The molecule has 3 aliphatic heterocycles. The molecule has 5 heterocycles. The average Bonchev–Trinajstić information content (AvgIpc) is 4.06. The first-order chi connectivity index (χ1) is 31.9. The van der Waals surface area contributed by atoms with Gasteiger partial charge in [-0.3, -0.25) is 9.59 Å². The van der Waals surface area contributed by atoms with Crippen LogP contribution in [0.25, 0.3) is 44.2 Å². The van der Waals surface area contributed by atoms with Crippen molar-refractivity contribution in [1.29, 1.82) is 0 Å². The highest BCUT2D eigenvalue weighted by molar-refractivity contribution is 6.07. The molecule has 16 nitrogen and oxygen atoms in total. The molecule has 3 aliphatic rings. The van der Waals surface area contributed by atoms with Crippen molar-refractivity contribution in [3.8, 4) is 28.1 Å². The van der Waals surface area contributed by atoms with Gasteiger partial charge in [0.15, 0.2) is 0 Å². The standard InChI is InChI=1S/C51H66N8O8/c1-11-29(4)58(46(60)42(28(2)3)56-48(62)64-10)26-41-53-37-16-14-31-23-36-34-15-13-32(22-33(34)27-66-40(36)24-35(31)43(37)55-41)38-25-52-45(54-38)39-17-12-30(5)59(39)47(61)44(51(9)18-20-65-21-19-51)57-49(63)67-50(6,7)8/h13-16,22-25,28-30,39,42,44H,11-12,17-21,26-27H2,1-10H3,(H,52,54)(H,53,55)(H,56,62)(H,57,63)/t29-,30-,39-,42-,44+/m0/s1. The number of nitrogens with one attached hydrogen (secondary N) is 4. The van der Waals surface area contributed by atoms with Crippen molar-refractivity contribution in [1.82, 2.24) is 40.4 Å². The topological polar surface area (TPSA) is 193 Å². The number of ether oxygens (including phenoxy) is 4. The van der Waals surface area contributed by atoms with Crippen LogP contribution in [-0.4, -0.2) is 104 Å². The van der Waals surface area contributed by atoms with E-state index in [9.17, 15) is 19.2 Å². The number of amides is 4. The number of hydrogen-bond acceptors (Lipinski definition) is 10. The number of alkyl carbamates (subject to hydrolysis) is 2. The van der Waals surface area contributed by atoms with Crippen LogP contribution in [0.2, 0.25) is 0 Å². The van der Waals surface area contributed by atoms with E-state index in [2.05, 4.69) is 64.8 Å². The number of imidazole rings is 2. The summed E-state index contributed by atoms with van der Waals surface area (Å²) in [5.41, 5.74) is 5.27. The maximum absolute atomic E-state index is 14.7. The highest BCUT2D eigenvalue weighted by atomic mass is 16.6. The first kappa shape index (κ1) is 47.3. The molecule has 2 fully saturated rings. The van der Waals surface area contributed by atoms with Crippen molar-refractivity contribution in [3.63, 3.8) is 0 Å². The molecule has 0 spiro atoms. The fraction of sp³-hybridized carbons (Fsp3) is 0.529. The zero-order valence-corrected chi connectivity index (χ0v) is 40.5. The lowest BCUT2D eigenvalue weighted by Gasteiger charge is -2.43. The molecule has 358 valence electrons. The van der Waals surface area contributed by atoms with Gasteiger partial charge in [0.05, 0.1) is 42.6 Å². The minimum Gasteiger partial charge on any atom is -0.488 e. The monoisotopic (exact) mass is 919 g/mol. The number of likely N-dealkylation sites (tertiary alicyclic amines) is 1. The maximum atomic E-state index is 14.7. The Kier molecular flexibility index (Phi) is 13.3. The molecule has 0 unspecified atom stereocenters. The molecule has 3 aromatic carbocycles. The highest BCUT2D eigenvalue weighted by Gasteiger charge is 2.48. The second kappa shape index (κ2) is 18.8. The van der Waals surface area contributed by atoms with Gasteiger partial charge in [-0.25, -0.2) is 19.6 Å². The molecule has 0 saturated carbocycles. The van der Waals surface area contributed by atoms with Gasteiger partial charge in [0.25, 0.3) is 0 Å². The highest BCUT2D eigenvalue weighted by Crippen LogP contribution is 2.44. The summed E-state index contributed by atoms with van der Waals surface area (Å²) in [6.07, 6.45) is 4.10. The third-order valence-corrected chi connectivity index (χ3v) is 13.9. The summed E-state index contributed by atoms with van der Waals surface area (Å²) in [5.74, 6) is 1.61. The zero-order valence-electron chi connectivity index (χ0n) is 40.5. The smallest absolute Gasteiger partial charge is 0.408 e. The van der Waals surface area contributed by atoms with Gasteiger partial charge >= 0.3 is 12.2 Å². The van der Waals surface area contributed by atoms with E-state index in [4.69, 9.17) is 28.9 Å². The molecule has 2 aromatic heterocycles. The van der Waals surface area contributed by atoms with Crippen LogP contribution in [0.3, 0.4) is 0 Å². The molecule has 4 amide bonds.